The van der Waals surface area contributed by atoms with Crippen molar-refractivity contribution in [3.05, 3.63) is 39.8 Å². The maximum absolute atomic E-state index is 12.2. The minimum Gasteiger partial charge on any atom is -0.372 e. The van der Waals surface area contributed by atoms with Crippen LogP contribution in [0.4, 0.5) is 0 Å². The monoisotopic (exact) mass is 374 g/mol. The van der Waals surface area contributed by atoms with Crippen LogP contribution < -0.4 is 5.32 Å². The largest absolute Gasteiger partial charge is 0.372 e. The number of ether oxygens (including phenoxy) is 1. The van der Waals surface area contributed by atoms with Crippen molar-refractivity contribution in [1.82, 2.24) is 20.0 Å². The number of hydrogen-bond acceptors (Lipinski definition) is 5. The van der Waals surface area contributed by atoms with Gasteiger partial charge in [0.25, 0.3) is 5.91 Å². The molecule has 6 nitrogen and oxygen atoms in total. The fraction of sp³-hybridized carbons (Fsp3) is 0.579. The first-order chi connectivity index (χ1) is 12.6. The van der Waals surface area contributed by atoms with Gasteiger partial charge < -0.3 is 10.1 Å². The van der Waals surface area contributed by atoms with E-state index in [1.807, 2.05) is 11.3 Å². The molecule has 0 aliphatic carbocycles. The van der Waals surface area contributed by atoms with Gasteiger partial charge in [0, 0.05) is 50.9 Å². The smallest absolute Gasteiger partial charge is 0.269 e. The Morgan fingerprint density at radius 2 is 2.31 bits per heavy atom. The molecule has 2 aromatic heterocycles. The minimum atomic E-state index is -0.0543. The lowest BCUT2D eigenvalue weighted by atomic mass is 9.79. The van der Waals surface area contributed by atoms with Crippen molar-refractivity contribution < 1.29 is 9.53 Å². The van der Waals surface area contributed by atoms with Crippen LogP contribution in [0, 0.1) is 12.8 Å². The average molecular weight is 375 g/mol. The zero-order valence-corrected chi connectivity index (χ0v) is 16.2. The molecule has 0 bridgehead atoms. The third-order valence-electron chi connectivity index (χ3n) is 5.75. The molecule has 1 N–H and O–H groups in total. The van der Waals surface area contributed by atoms with E-state index in [1.54, 1.807) is 24.0 Å². The lowest BCUT2D eigenvalue weighted by Gasteiger charge is -2.50. The molecule has 26 heavy (non-hydrogen) atoms. The summed E-state index contributed by atoms with van der Waals surface area (Å²) in [5.74, 6) is 0.469. The molecule has 1 atom stereocenters. The lowest BCUT2D eigenvalue weighted by molar-refractivity contribution is -0.136. The summed E-state index contributed by atoms with van der Waals surface area (Å²) < 4.78 is 7.76. The van der Waals surface area contributed by atoms with Crippen LogP contribution in [0.15, 0.2) is 23.7 Å². The van der Waals surface area contributed by atoms with E-state index in [-0.39, 0.29) is 11.5 Å². The first kappa shape index (κ1) is 17.7. The second kappa shape index (κ2) is 7.13. The Hall–Kier alpha value is -1.70. The number of thiophene rings is 1. The molecule has 4 heterocycles. The Bertz CT molecular complexity index is 778. The van der Waals surface area contributed by atoms with Gasteiger partial charge in [-0.3, -0.25) is 14.4 Å². The van der Waals surface area contributed by atoms with E-state index in [0.717, 1.165) is 39.1 Å². The molecule has 2 aliphatic heterocycles. The molecular formula is C19H26N4O2S. The number of amides is 1. The van der Waals surface area contributed by atoms with E-state index in [1.165, 1.54) is 10.4 Å². The van der Waals surface area contributed by atoms with Crippen LogP contribution in [0.3, 0.4) is 0 Å². The fourth-order valence-electron chi connectivity index (χ4n) is 4.18. The van der Waals surface area contributed by atoms with Crippen molar-refractivity contribution in [2.24, 2.45) is 13.0 Å². The predicted octanol–water partition coefficient (Wildman–Crippen LogP) is 2.20. The summed E-state index contributed by atoms with van der Waals surface area (Å²) in [6.07, 6.45) is 3.70. The second-order valence-electron chi connectivity index (χ2n) is 7.46. The van der Waals surface area contributed by atoms with Crippen molar-refractivity contribution in [3.63, 3.8) is 0 Å². The van der Waals surface area contributed by atoms with Gasteiger partial charge in [0.2, 0.25) is 0 Å². The van der Waals surface area contributed by atoms with Gasteiger partial charge in [-0.05, 0) is 48.8 Å². The fourth-order valence-corrected chi connectivity index (χ4v) is 5.13. The Labute approximate surface area is 158 Å². The van der Waals surface area contributed by atoms with Crippen molar-refractivity contribution in [1.29, 1.82) is 0 Å². The number of rotatable bonds is 6. The number of carbonyl (C=O) groups excluding carboxylic acids is 1. The topological polar surface area (TPSA) is 59.4 Å². The number of aromatic nitrogens is 2. The molecule has 2 aromatic rings. The van der Waals surface area contributed by atoms with E-state index < -0.39 is 0 Å². The van der Waals surface area contributed by atoms with Crippen LogP contribution in [-0.2, 0) is 18.3 Å². The highest BCUT2D eigenvalue weighted by Gasteiger charge is 2.52. The third kappa shape index (κ3) is 3.31. The molecule has 2 aliphatic rings. The summed E-state index contributed by atoms with van der Waals surface area (Å²) in [5, 5.41) is 9.24. The lowest BCUT2D eigenvalue weighted by Crippen LogP contribution is -2.64. The standard InChI is InChI=1S/C19H26N4O2S/c1-14-6-10-26-17(14)11-23-12-19(13-23)15(5-9-25-19)3-7-20-18(24)16-4-8-21-22(16)2/h4,6,8,10,15H,3,5,7,9,11-13H2,1-2H3,(H,20,24). The summed E-state index contributed by atoms with van der Waals surface area (Å²) >= 11 is 1.84. The molecule has 2 saturated heterocycles. The van der Waals surface area contributed by atoms with Crippen LogP contribution in [0.1, 0.15) is 33.8 Å². The van der Waals surface area contributed by atoms with Gasteiger partial charge in [-0.25, -0.2) is 0 Å². The van der Waals surface area contributed by atoms with Crippen LogP contribution in [0.5, 0.6) is 0 Å². The van der Waals surface area contributed by atoms with Crippen LogP contribution in [-0.4, -0.2) is 52.4 Å². The molecule has 4 rings (SSSR count). The number of hydrogen-bond donors (Lipinski definition) is 1. The molecule has 1 spiro atoms. The van der Waals surface area contributed by atoms with E-state index >= 15 is 0 Å². The van der Waals surface area contributed by atoms with Gasteiger partial charge in [0.15, 0.2) is 0 Å². The molecule has 140 valence electrons. The highest BCUT2D eigenvalue weighted by molar-refractivity contribution is 7.10. The first-order valence-electron chi connectivity index (χ1n) is 9.23. The van der Waals surface area contributed by atoms with Crippen molar-refractivity contribution >= 4 is 17.2 Å². The SMILES string of the molecule is Cc1ccsc1CN1CC2(C1)OCCC2CCNC(=O)c1ccnn1C. The van der Waals surface area contributed by atoms with E-state index in [4.69, 9.17) is 4.74 Å². The number of nitrogens with zero attached hydrogens (tertiary/aromatic N) is 3. The van der Waals surface area contributed by atoms with Crippen molar-refractivity contribution in [2.75, 3.05) is 26.2 Å². The zero-order chi connectivity index (χ0) is 18.1. The number of likely N-dealkylation sites (tertiary alicyclic amines) is 1. The molecule has 1 amide bonds. The van der Waals surface area contributed by atoms with Gasteiger partial charge in [0.1, 0.15) is 5.69 Å². The molecule has 0 aromatic carbocycles. The maximum atomic E-state index is 12.2. The quantitative estimate of drug-likeness (QED) is 0.842. The first-order valence-corrected chi connectivity index (χ1v) is 10.1. The van der Waals surface area contributed by atoms with Crippen molar-refractivity contribution in [2.45, 2.75) is 31.9 Å². The van der Waals surface area contributed by atoms with Crippen LogP contribution in [0.2, 0.25) is 0 Å². The van der Waals surface area contributed by atoms with E-state index in [0.29, 0.717) is 18.2 Å². The van der Waals surface area contributed by atoms with E-state index in [9.17, 15) is 4.79 Å². The summed E-state index contributed by atoms with van der Waals surface area (Å²) in [6.45, 7) is 6.74. The summed E-state index contributed by atoms with van der Waals surface area (Å²) in [5.41, 5.74) is 1.99. The summed E-state index contributed by atoms with van der Waals surface area (Å²) in [7, 11) is 1.78. The predicted molar refractivity (Wildman–Crippen MR) is 101 cm³/mol. The van der Waals surface area contributed by atoms with Crippen LogP contribution >= 0.6 is 11.3 Å². The second-order valence-corrected chi connectivity index (χ2v) is 8.46. The third-order valence-corrected chi connectivity index (χ3v) is 6.76. The number of nitrogens with one attached hydrogen (secondary N) is 1. The van der Waals surface area contributed by atoms with Gasteiger partial charge in [-0.15, -0.1) is 11.3 Å². The molecule has 7 heteroatoms. The normalized spacial score (nSPS) is 21.8. The molecule has 1 unspecified atom stereocenters. The minimum absolute atomic E-state index is 0.00240. The Balaban J connectivity index is 1.26. The Kier molecular flexibility index (Phi) is 4.86. The molecular weight excluding hydrogens is 348 g/mol. The summed E-state index contributed by atoms with van der Waals surface area (Å²) in [6, 6.07) is 3.93. The van der Waals surface area contributed by atoms with Gasteiger partial charge in [-0.2, -0.15) is 5.10 Å². The van der Waals surface area contributed by atoms with Crippen LogP contribution in [0.25, 0.3) is 0 Å². The van der Waals surface area contributed by atoms with Gasteiger partial charge >= 0.3 is 0 Å². The van der Waals surface area contributed by atoms with Gasteiger partial charge in [-0.1, -0.05) is 0 Å². The van der Waals surface area contributed by atoms with Crippen molar-refractivity contribution in [3.8, 4) is 0 Å². The maximum Gasteiger partial charge on any atom is 0.269 e. The zero-order valence-electron chi connectivity index (χ0n) is 15.4. The molecule has 0 saturated carbocycles. The number of aryl methyl sites for hydroxylation is 2. The molecule has 2 fully saturated rings. The highest BCUT2D eigenvalue weighted by atomic mass is 32.1. The summed E-state index contributed by atoms with van der Waals surface area (Å²) in [4.78, 5) is 16.1. The van der Waals surface area contributed by atoms with E-state index in [2.05, 4.69) is 33.7 Å². The number of carbonyl (C=O) groups is 1. The Morgan fingerprint density at radius 1 is 1.46 bits per heavy atom. The van der Waals surface area contributed by atoms with Gasteiger partial charge in [0.05, 0.1) is 5.60 Å². The molecule has 0 radical (unpaired) electrons. The average Bonchev–Trinajstić information content (AvgIpc) is 3.29. The Morgan fingerprint density at radius 3 is 3.00 bits per heavy atom. The highest BCUT2D eigenvalue weighted by Crippen LogP contribution is 2.42.